The van der Waals surface area contributed by atoms with Gasteiger partial charge in [0.2, 0.25) is 5.91 Å². The van der Waals surface area contributed by atoms with Gasteiger partial charge in [0.25, 0.3) is 0 Å². The standard InChI is InChI=1S/C18H18N4O2S2/c1-2-24-14-6-4-13(5-7-14)15-12-26-18(21-15)22-16(23)8-11-25-17-19-9-3-10-20-17/h3-7,9-10,12H,2,8,11H2,1H3,(H,21,22,23). The fourth-order valence-corrected chi connectivity index (χ4v) is 3.61. The van der Waals surface area contributed by atoms with Crippen LogP contribution in [0.1, 0.15) is 13.3 Å². The number of thioether (sulfide) groups is 1. The summed E-state index contributed by atoms with van der Waals surface area (Å²) in [6, 6.07) is 9.52. The molecule has 3 rings (SSSR count). The molecule has 0 spiro atoms. The molecule has 2 aromatic heterocycles. The van der Waals surface area contributed by atoms with Gasteiger partial charge in [-0.05, 0) is 37.3 Å². The van der Waals surface area contributed by atoms with E-state index in [4.69, 9.17) is 4.74 Å². The van der Waals surface area contributed by atoms with Gasteiger partial charge < -0.3 is 10.1 Å². The molecule has 1 N–H and O–H groups in total. The van der Waals surface area contributed by atoms with Crippen molar-refractivity contribution in [3.63, 3.8) is 0 Å². The van der Waals surface area contributed by atoms with Gasteiger partial charge in [-0.2, -0.15) is 0 Å². The molecule has 8 heteroatoms. The van der Waals surface area contributed by atoms with Crippen molar-refractivity contribution in [1.29, 1.82) is 0 Å². The third-order valence-electron chi connectivity index (χ3n) is 3.31. The molecule has 1 amide bonds. The van der Waals surface area contributed by atoms with Gasteiger partial charge in [-0.3, -0.25) is 4.79 Å². The number of anilines is 1. The molecule has 2 heterocycles. The maximum absolute atomic E-state index is 12.0. The predicted octanol–water partition coefficient (Wildman–Crippen LogP) is 4.12. The van der Waals surface area contributed by atoms with Crippen molar-refractivity contribution >= 4 is 34.1 Å². The Morgan fingerprint density at radius 1 is 1.23 bits per heavy atom. The summed E-state index contributed by atoms with van der Waals surface area (Å²) < 4.78 is 5.44. The Balaban J connectivity index is 1.50. The number of ether oxygens (including phenoxy) is 1. The highest BCUT2D eigenvalue weighted by Crippen LogP contribution is 2.26. The Kier molecular flexibility index (Phi) is 6.56. The van der Waals surface area contributed by atoms with E-state index >= 15 is 0 Å². The molecular weight excluding hydrogens is 368 g/mol. The third kappa shape index (κ3) is 5.27. The molecule has 0 unspecified atom stereocenters. The average molecular weight is 387 g/mol. The molecule has 0 radical (unpaired) electrons. The number of carbonyl (C=O) groups excluding carboxylic acids is 1. The minimum Gasteiger partial charge on any atom is -0.494 e. The Labute approximate surface area is 160 Å². The quantitative estimate of drug-likeness (QED) is 0.463. The van der Waals surface area contributed by atoms with Crippen LogP contribution < -0.4 is 10.1 Å². The van der Waals surface area contributed by atoms with Crippen LogP contribution in [0.5, 0.6) is 5.75 Å². The number of hydrogen-bond acceptors (Lipinski definition) is 7. The van der Waals surface area contributed by atoms with Gasteiger partial charge in [0.1, 0.15) is 5.75 Å². The van der Waals surface area contributed by atoms with E-state index < -0.39 is 0 Å². The molecule has 6 nitrogen and oxygen atoms in total. The summed E-state index contributed by atoms with van der Waals surface area (Å²) in [7, 11) is 0. The van der Waals surface area contributed by atoms with Gasteiger partial charge in [-0.25, -0.2) is 15.0 Å². The minimum absolute atomic E-state index is 0.0685. The highest BCUT2D eigenvalue weighted by molar-refractivity contribution is 7.99. The SMILES string of the molecule is CCOc1ccc(-c2csc(NC(=O)CCSc3ncccn3)n2)cc1. The van der Waals surface area contributed by atoms with Crippen molar-refractivity contribution in [3.8, 4) is 17.0 Å². The van der Waals surface area contributed by atoms with Crippen LogP contribution in [0.15, 0.2) is 53.3 Å². The first kappa shape index (κ1) is 18.3. The number of amides is 1. The van der Waals surface area contributed by atoms with E-state index in [1.54, 1.807) is 18.5 Å². The van der Waals surface area contributed by atoms with E-state index in [1.807, 2.05) is 36.6 Å². The molecule has 0 aliphatic carbocycles. The largest absolute Gasteiger partial charge is 0.494 e. The van der Waals surface area contributed by atoms with Gasteiger partial charge >= 0.3 is 0 Å². The van der Waals surface area contributed by atoms with E-state index in [-0.39, 0.29) is 5.91 Å². The van der Waals surface area contributed by atoms with Crippen LogP contribution in [0.25, 0.3) is 11.3 Å². The van der Waals surface area contributed by atoms with Crippen LogP contribution in [0.3, 0.4) is 0 Å². The van der Waals surface area contributed by atoms with E-state index in [9.17, 15) is 4.79 Å². The highest BCUT2D eigenvalue weighted by Gasteiger charge is 2.09. The van der Waals surface area contributed by atoms with Crippen LogP contribution in [0.2, 0.25) is 0 Å². The zero-order valence-electron chi connectivity index (χ0n) is 14.2. The number of carbonyl (C=O) groups is 1. The molecule has 26 heavy (non-hydrogen) atoms. The van der Waals surface area contributed by atoms with E-state index in [0.717, 1.165) is 17.0 Å². The fraction of sp³-hybridized carbons (Fsp3) is 0.222. The molecule has 0 bridgehead atoms. The van der Waals surface area contributed by atoms with Crippen LogP contribution in [0, 0.1) is 0 Å². The topological polar surface area (TPSA) is 77.0 Å². The molecule has 3 aromatic rings. The summed E-state index contributed by atoms with van der Waals surface area (Å²) in [6.45, 7) is 2.59. The number of rotatable bonds is 8. The highest BCUT2D eigenvalue weighted by atomic mass is 32.2. The van der Waals surface area contributed by atoms with E-state index in [1.165, 1.54) is 23.1 Å². The normalized spacial score (nSPS) is 10.5. The summed E-state index contributed by atoms with van der Waals surface area (Å²) in [5.41, 5.74) is 1.82. The molecule has 0 aliphatic heterocycles. The van der Waals surface area contributed by atoms with Gasteiger partial charge in [0.15, 0.2) is 10.3 Å². The van der Waals surface area contributed by atoms with Gasteiger partial charge in [-0.15, -0.1) is 11.3 Å². The van der Waals surface area contributed by atoms with Crippen LogP contribution in [0.4, 0.5) is 5.13 Å². The Morgan fingerprint density at radius 3 is 2.73 bits per heavy atom. The molecule has 0 saturated heterocycles. The average Bonchev–Trinajstić information content (AvgIpc) is 3.12. The van der Waals surface area contributed by atoms with Crippen molar-refractivity contribution in [1.82, 2.24) is 15.0 Å². The molecule has 1 aromatic carbocycles. The van der Waals surface area contributed by atoms with E-state index in [2.05, 4.69) is 20.3 Å². The number of nitrogens with one attached hydrogen (secondary N) is 1. The molecule has 0 fully saturated rings. The number of hydrogen-bond donors (Lipinski definition) is 1. The van der Waals surface area contributed by atoms with E-state index in [0.29, 0.717) is 29.1 Å². The molecular formula is C18H18N4O2S2. The molecule has 0 aliphatic rings. The first-order valence-corrected chi connectivity index (χ1v) is 9.99. The van der Waals surface area contributed by atoms with Gasteiger partial charge in [0, 0.05) is 35.5 Å². The first-order valence-electron chi connectivity index (χ1n) is 8.13. The zero-order chi connectivity index (χ0) is 18.2. The predicted molar refractivity (Wildman–Crippen MR) is 105 cm³/mol. The Morgan fingerprint density at radius 2 is 2.00 bits per heavy atom. The monoisotopic (exact) mass is 386 g/mol. The maximum Gasteiger partial charge on any atom is 0.226 e. The molecule has 134 valence electrons. The van der Waals surface area contributed by atoms with Gasteiger partial charge in [0.05, 0.1) is 12.3 Å². The summed E-state index contributed by atoms with van der Waals surface area (Å²) in [4.78, 5) is 24.8. The lowest BCUT2D eigenvalue weighted by Crippen LogP contribution is -2.12. The zero-order valence-corrected chi connectivity index (χ0v) is 15.8. The van der Waals surface area contributed by atoms with Crippen LogP contribution in [-0.2, 0) is 4.79 Å². The summed E-state index contributed by atoms with van der Waals surface area (Å²) in [5, 5.41) is 6.04. The number of thiazole rings is 1. The summed E-state index contributed by atoms with van der Waals surface area (Å²) in [6.07, 6.45) is 3.75. The Bertz CT molecular complexity index is 838. The summed E-state index contributed by atoms with van der Waals surface area (Å²) in [5.74, 6) is 1.38. The number of benzene rings is 1. The van der Waals surface area contributed by atoms with Crippen LogP contribution >= 0.6 is 23.1 Å². The van der Waals surface area contributed by atoms with Gasteiger partial charge in [-0.1, -0.05) is 11.8 Å². The van der Waals surface area contributed by atoms with Crippen molar-refractivity contribution in [2.75, 3.05) is 17.7 Å². The fourth-order valence-electron chi connectivity index (χ4n) is 2.13. The lowest BCUT2D eigenvalue weighted by molar-refractivity contribution is -0.115. The molecule has 0 saturated carbocycles. The lowest BCUT2D eigenvalue weighted by atomic mass is 10.2. The van der Waals surface area contributed by atoms with Crippen molar-refractivity contribution < 1.29 is 9.53 Å². The smallest absolute Gasteiger partial charge is 0.226 e. The van der Waals surface area contributed by atoms with Crippen molar-refractivity contribution in [3.05, 3.63) is 48.1 Å². The lowest BCUT2D eigenvalue weighted by Gasteiger charge is -2.03. The minimum atomic E-state index is -0.0685. The first-order chi connectivity index (χ1) is 12.7. The molecule has 0 atom stereocenters. The van der Waals surface area contributed by atoms with Crippen molar-refractivity contribution in [2.24, 2.45) is 0 Å². The second-order valence-electron chi connectivity index (χ2n) is 5.17. The summed E-state index contributed by atoms with van der Waals surface area (Å²) >= 11 is 2.87. The third-order valence-corrected chi connectivity index (χ3v) is 4.95. The number of nitrogens with zero attached hydrogens (tertiary/aromatic N) is 3. The maximum atomic E-state index is 12.0. The Hall–Kier alpha value is -2.45. The second kappa shape index (κ2) is 9.30. The van der Waals surface area contributed by atoms with Crippen molar-refractivity contribution in [2.45, 2.75) is 18.5 Å². The number of aromatic nitrogens is 3. The second-order valence-corrected chi connectivity index (χ2v) is 7.09. The van der Waals surface area contributed by atoms with Crippen LogP contribution in [-0.4, -0.2) is 33.2 Å².